The molecule has 0 saturated carbocycles. The van der Waals surface area contributed by atoms with Crippen molar-refractivity contribution in [1.29, 1.82) is 0 Å². The smallest absolute Gasteiger partial charge is 0.170 e. The Kier molecular flexibility index (Phi) is 2.62. The van der Waals surface area contributed by atoms with E-state index in [4.69, 9.17) is 5.73 Å². The number of aromatic nitrogens is 1. The molecule has 5 heteroatoms. The molecule has 3 N–H and O–H groups in total. The van der Waals surface area contributed by atoms with E-state index in [1.54, 1.807) is 18.5 Å². The number of aliphatic imine (C=N–C) groups is 1. The van der Waals surface area contributed by atoms with Gasteiger partial charge in [-0.2, -0.15) is 0 Å². The van der Waals surface area contributed by atoms with E-state index in [9.17, 15) is 4.39 Å². The van der Waals surface area contributed by atoms with Crippen molar-refractivity contribution in [2.75, 3.05) is 11.1 Å². The van der Waals surface area contributed by atoms with Crippen LogP contribution in [0.4, 0.5) is 15.8 Å². The van der Waals surface area contributed by atoms with Gasteiger partial charge in [0.1, 0.15) is 5.83 Å². The van der Waals surface area contributed by atoms with E-state index in [0.29, 0.717) is 17.8 Å². The van der Waals surface area contributed by atoms with Crippen LogP contribution in [0.3, 0.4) is 0 Å². The SMILES string of the molecule is Nc1cnccc1NC1N=CCC=C1F. The highest BCUT2D eigenvalue weighted by molar-refractivity contribution is 5.67. The third kappa shape index (κ3) is 2.12. The molecular formula is C10H11FN4. The highest BCUT2D eigenvalue weighted by atomic mass is 19.1. The van der Waals surface area contributed by atoms with Crippen molar-refractivity contribution in [3.05, 3.63) is 30.4 Å². The number of anilines is 2. The molecule has 2 heterocycles. The standard InChI is InChI=1S/C10H11FN4/c11-7-2-1-4-14-10(7)15-9-3-5-13-6-8(9)12/h2-6,10H,1,12H2,(H,13,15). The number of hydrogen-bond acceptors (Lipinski definition) is 4. The van der Waals surface area contributed by atoms with Crippen LogP contribution in [-0.4, -0.2) is 17.4 Å². The summed E-state index contributed by atoms with van der Waals surface area (Å²) in [5.74, 6) is -0.284. The van der Waals surface area contributed by atoms with E-state index in [0.717, 1.165) is 0 Å². The minimum Gasteiger partial charge on any atom is -0.396 e. The Morgan fingerprint density at radius 2 is 2.40 bits per heavy atom. The maximum absolute atomic E-state index is 13.3. The molecule has 1 aromatic heterocycles. The van der Waals surface area contributed by atoms with Gasteiger partial charge in [0, 0.05) is 18.8 Å². The molecule has 1 unspecified atom stereocenters. The molecule has 1 aromatic rings. The molecule has 0 aliphatic carbocycles. The number of allylic oxidation sites excluding steroid dienone is 1. The van der Waals surface area contributed by atoms with Gasteiger partial charge in [0.05, 0.1) is 17.6 Å². The first-order valence-electron chi connectivity index (χ1n) is 4.60. The molecule has 0 aromatic carbocycles. The number of nitrogen functional groups attached to an aromatic ring is 1. The minimum atomic E-state index is -0.663. The van der Waals surface area contributed by atoms with Gasteiger partial charge in [-0.15, -0.1) is 0 Å². The molecule has 0 spiro atoms. The Morgan fingerprint density at radius 3 is 3.13 bits per heavy atom. The maximum atomic E-state index is 13.3. The predicted octanol–water partition coefficient (Wildman–Crippen LogP) is 1.73. The van der Waals surface area contributed by atoms with E-state index >= 15 is 0 Å². The molecule has 0 radical (unpaired) electrons. The van der Waals surface area contributed by atoms with Crippen molar-refractivity contribution in [3.63, 3.8) is 0 Å². The summed E-state index contributed by atoms with van der Waals surface area (Å²) in [5.41, 5.74) is 6.78. The van der Waals surface area contributed by atoms with E-state index in [2.05, 4.69) is 15.3 Å². The summed E-state index contributed by atoms with van der Waals surface area (Å²) >= 11 is 0. The number of nitrogens with zero attached hydrogens (tertiary/aromatic N) is 2. The van der Waals surface area contributed by atoms with Crippen LogP contribution in [0.5, 0.6) is 0 Å². The number of nitrogens with two attached hydrogens (primary N) is 1. The third-order valence-corrected chi connectivity index (χ3v) is 2.08. The number of hydrogen-bond donors (Lipinski definition) is 2. The highest BCUT2D eigenvalue weighted by Crippen LogP contribution is 2.21. The van der Waals surface area contributed by atoms with E-state index in [1.807, 2.05) is 0 Å². The van der Waals surface area contributed by atoms with Gasteiger partial charge in [0.2, 0.25) is 0 Å². The molecule has 15 heavy (non-hydrogen) atoms. The molecule has 78 valence electrons. The van der Waals surface area contributed by atoms with Crippen LogP contribution in [0, 0.1) is 0 Å². The monoisotopic (exact) mass is 206 g/mol. The van der Waals surface area contributed by atoms with Gasteiger partial charge >= 0.3 is 0 Å². The summed E-state index contributed by atoms with van der Waals surface area (Å²) in [6, 6.07) is 1.69. The summed E-state index contributed by atoms with van der Waals surface area (Å²) < 4.78 is 13.3. The van der Waals surface area contributed by atoms with Gasteiger partial charge in [-0.1, -0.05) is 0 Å². The number of halogens is 1. The van der Waals surface area contributed by atoms with Crippen molar-refractivity contribution in [2.24, 2.45) is 4.99 Å². The summed E-state index contributed by atoms with van der Waals surface area (Å²) in [4.78, 5) is 7.84. The quantitative estimate of drug-likeness (QED) is 0.774. The maximum Gasteiger partial charge on any atom is 0.170 e. The Labute approximate surface area is 86.7 Å². The van der Waals surface area contributed by atoms with Crippen LogP contribution in [0.1, 0.15) is 6.42 Å². The molecule has 1 aliphatic rings. The first-order valence-corrected chi connectivity index (χ1v) is 4.60. The lowest BCUT2D eigenvalue weighted by Crippen LogP contribution is -2.20. The molecule has 0 saturated heterocycles. The molecule has 2 rings (SSSR count). The fourth-order valence-corrected chi connectivity index (χ4v) is 1.31. The van der Waals surface area contributed by atoms with Crippen molar-refractivity contribution in [3.8, 4) is 0 Å². The van der Waals surface area contributed by atoms with Gasteiger partial charge in [0.25, 0.3) is 0 Å². The van der Waals surface area contributed by atoms with E-state index in [1.165, 1.54) is 12.3 Å². The first kappa shape index (κ1) is 9.64. The lowest BCUT2D eigenvalue weighted by Gasteiger charge is -2.17. The Balaban J connectivity index is 2.15. The van der Waals surface area contributed by atoms with Gasteiger partial charge in [-0.05, 0) is 12.1 Å². The molecular weight excluding hydrogens is 195 g/mol. The van der Waals surface area contributed by atoms with Crippen molar-refractivity contribution < 1.29 is 4.39 Å². The molecule has 4 nitrogen and oxygen atoms in total. The zero-order valence-corrected chi connectivity index (χ0v) is 8.02. The van der Waals surface area contributed by atoms with Crippen LogP contribution in [0.2, 0.25) is 0 Å². The second kappa shape index (κ2) is 4.08. The summed E-state index contributed by atoms with van der Waals surface area (Å²) in [6.45, 7) is 0. The number of dihydropyridines is 1. The Morgan fingerprint density at radius 1 is 1.53 bits per heavy atom. The average Bonchev–Trinajstić information content (AvgIpc) is 2.24. The van der Waals surface area contributed by atoms with E-state index in [-0.39, 0.29) is 5.83 Å². The van der Waals surface area contributed by atoms with Crippen LogP contribution >= 0.6 is 0 Å². The van der Waals surface area contributed by atoms with Crippen molar-refractivity contribution >= 4 is 17.6 Å². The van der Waals surface area contributed by atoms with Gasteiger partial charge in [-0.3, -0.25) is 9.98 Å². The summed E-state index contributed by atoms with van der Waals surface area (Å²) in [6.07, 6.45) is 6.13. The van der Waals surface area contributed by atoms with Gasteiger partial charge in [-0.25, -0.2) is 4.39 Å². The summed E-state index contributed by atoms with van der Waals surface area (Å²) in [5, 5.41) is 2.89. The van der Waals surface area contributed by atoms with Crippen molar-refractivity contribution in [2.45, 2.75) is 12.6 Å². The van der Waals surface area contributed by atoms with Gasteiger partial charge in [0.15, 0.2) is 6.17 Å². The zero-order chi connectivity index (χ0) is 10.7. The molecule has 0 fully saturated rings. The zero-order valence-electron chi connectivity index (χ0n) is 8.02. The second-order valence-electron chi connectivity index (χ2n) is 3.17. The summed E-state index contributed by atoms with van der Waals surface area (Å²) in [7, 11) is 0. The predicted molar refractivity (Wildman–Crippen MR) is 58.4 cm³/mol. The Bertz CT molecular complexity index is 414. The van der Waals surface area contributed by atoms with Crippen molar-refractivity contribution in [1.82, 2.24) is 4.98 Å². The number of rotatable bonds is 2. The van der Waals surface area contributed by atoms with Gasteiger partial charge < -0.3 is 11.1 Å². The minimum absolute atomic E-state index is 0.284. The largest absolute Gasteiger partial charge is 0.396 e. The normalized spacial score (nSPS) is 19.8. The number of nitrogens with one attached hydrogen (secondary N) is 1. The molecule has 0 amide bonds. The topological polar surface area (TPSA) is 63.3 Å². The Hall–Kier alpha value is -1.91. The molecule has 0 bridgehead atoms. The van der Waals surface area contributed by atoms with Crippen LogP contribution < -0.4 is 11.1 Å². The van der Waals surface area contributed by atoms with Crippen LogP contribution in [-0.2, 0) is 0 Å². The third-order valence-electron chi connectivity index (χ3n) is 2.08. The fourth-order valence-electron chi connectivity index (χ4n) is 1.31. The van der Waals surface area contributed by atoms with Crippen LogP contribution in [0.25, 0.3) is 0 Å². The number of pyridine rings is 1. The highest BCUT2D eigenvalue weighted by Gasteiger charge is 2.15. The van der Waals surface area contributed by atoms with E-state index < -0.39 is 6.17 Å². The first-order chi connectivity index (χ1) is 7.27. The fraction of sp³-hybridized carbons (Fsp3) is 0.200. The molecule has 1 aliphatic heterocycles. The lowest BCUT2D eigenvalue weighted by atomic mass is 10.2. The lowest BCUT2D eigenvalue weighted by molar-refractivity contribution is 0.560. The molecule has 1 atom stereocenters. The second-order valence-corrected chi connectivity index (χ2v) is 3.17. The van der Waals surface area contributed by atoms with Crippen LogP contribution in [0.15, 0.2) is 35.4 Å². The average molecular weight is 206 g/mol.